The Morgan fingerprint density at radius 2 is 1.75 bits per heavy atom. The van der Waals surface area contributed by atoms with Crippen LogP contribution in [0.5, 0.6) is 0 Å². The van der Waals surface area contributed by atoms with E-state index in [-0.39, 0.29) is 0 Å². The standard InChI is InChI=1S/C15H26O/c1-12-6-5-7-13(2)9-11-14(10-8-12)15(3,4)16/h6,9,14,16H,5,7-8,10-11H2,1-4H3/b12-6+,13-9+/t14-/m1/s1. The van der Waals surface area contributed by atoms with Crippen molar-refractivity contribution in [3.63, 3.8) is 0 Å². The van der Waals surface area contributed by atoms with Crippen molar-refractivity contribution < 1.29 is 5.11 Å². The van der Waals surface area contributed by atoms with Crippen LogP contribution in [0.25, 0.3) is 0 Å². The van der Waals surface area contributed by atoms with Crippen LogP contribution in [0, 0.1) is 5.92 Å². The maximum atomic E-state index is 10.1. The van der Waals surface area contributed by atoms with Crippen LogP contribution in [0.2, 0.25) is 0 Å². The van der Waals surface area contributed by atoms with Crippen molar-refractivity contribution in [1.82, 2.24) is 0 Å². The summed E-state index contributed by atoms with van der Waals surface area (Å²) >= 11 is 0. The van der Waals surface area contributed by atoms with Gasteiger partial charge < -0.3 is 5.11 Å². The molecule has 1 aliphatic rings. The Morgan fingerprint density at radius 1 is 1.12 bits per heavy atom. The molecule has 0 aromatic rings. The van der Waals surface area contributed by atoms with Crippen molar-refractivity contribution in [2.24, 2.45) is 5.92 Å². The van der Waals surface area contributed by atoms with Crippen LogP contribution in [0.3, 0.4) is 0 Å². The molecule has 16 heavy (non-hydrogen) atoms. The van der Waals surface area contributed by atoms with E-state index in [1.807, 2.05) is 13.8 Å². The van der Waals surface area contributed by atoms with Gasteiger partial charge in [-0.2, -0.15) is 0 Å². The molecular weight excluding hydrogens is 196 g/mol. The molecular formula is C15H26O. The van der Waals surface area contributed by atoms with E-state index in [4.69, 9.17) is 0 Å². The fraction of sp³-hybridized carbons (Fsp3) is 0.733. The van der Waals surface area contributed by atoms with Gasteiger partial charge in [-0.3, -0.25) is 0 Å². The van der Waals surface area contributed by atoms with E-state index in [1.54, 1.807) is 0 Å². The molecule has 0 amide bonds. The second-order valence-corrected chi connectivity index (χ2v) is 5.76. The normalized spacial score (nSPS) is 31.2. The van der Waals surface area contributed by atoms with Gasteiger partial charge in [0, 0.05) is 0 Å². The Kier molecular flexibility index (Phi) is 4.79. The minimum absolute atomic E-state index is 0.379. The van der Waals surface area contributed by atoms with Crippen molar-refractivity contribution >= 4 is 0 Å². The fourth-order valence-electron chi connectivity index (χ4n) is 2.26. The van der Waals surface area contributed by atoms with Gasteiger partial charge in [0.15, 0.2) is 0 Å². The third-order valence-corrected chi connectivity index (χ3v) is 3.67. The lowest BCUT2D eigenvalue weighted by atomic mass is 9.82. The first-order chi connectivity index (χ1) is 7.39. The van der Waals surface area contributed by atoms with Crippen LogP contribution in [0.15, 0.2) is 23.3 Å². The number of hydrogen-bond donors (Lipinski definition) is 1. The fourth-order valence-corrected chi connectivity index (χ4v) is 2.26. The summed E-state index contributed by atoms with van der Waals surface area (Å²) in [5.41, 5.74) is 2.38. The molecule has 1 heteroatoms. The number of hydrogen-bond acceptors (Lipinski definition) is 1. The predicted octanol–water partition coefficient (Wildman–Crippen LogP) is 4.23. The topological polar surface area (TPSA) is 20.2 Å². The van der Waals surface area contributed by atoms with Gasteiger partial charge >= 0.3 is 0 Å². The molecule has 0 fully saturated rings. The molecule has 92 valence electrons. The molecule has 0 aliphatic heterocycles. The molecule has 0 unspecified atom stereocenters. The first-order valence-electron chi connectivity index (χ1n) is 6.43. The highest BCUT2D eigenvalue weighted by atomic mass is 16.3. The molecule has 0 aromatic carbocycles. The molecule has 0 bridgehead atoms. The number of rotatable bonds is 1. The Balaban J connectivity index is 2.75. The maximum Gasteiger partial charge on any atom is 0.0622 e. The molecule has 0 spiro atoms. The van der Waals surface area contributed by atoms with E-state index in [1.165, 1.54) is 17.6 Å². The van der Waals surface area contributed by atoms with E-state index in [9.17, 15) is 5.11 Å². The molecule has 0 aromatic heterocycles. The van der Waals surface area contributed by atoms with E-state index < -0.39 is 5.60 Å². The van der Waals surface area contributed by atoms with Crippen LogP contribution in [-0.4, -0.2) is 10.7 Å². The van der Waals surface area contributed by atoms with Gasteiger partial charge in [0.25, 0.3) is 0 Å². The van der Waals surface area contributed by atoms with Gasteiger partial charge in [0.05, 0.1) is 5.60 Å². The third kappa shape index (κ3) is 4.52. The Hall–Kier alpha value is -0.560. The van der Waals surface area contributed by atoms with E-state index in [0.717, 1.165) is 25.7 Å². The molecule has 0 saturated carbocycles. The zero-order chi connectivity index (χ0) is 12.2. The lowest BCUT2D eigenvalue weighted by Crippen LogP contribution is -2.30. The molecule has 0 radical (unpaired) electrons. The lowest BCUT2D eigenvalue weighted by molar-refractivity contribution is 0.0145. The average molecular weight is 222 g/mol. The second-order valence-electron chi connectivity index (χ2n) is 5.76. The van der Waals surface area contributed by atoms with Gasteiger partial charge in [-0.05, 0) is 65.7 Å². The summed E-state index contributed by atoms with van der Waals surface area (Å²) in [5, 5.41) is 10.1. The first kappa shape index (κ1) is 13.5. The molecule has 1 nitrogen and oxygen atoms in total. The van der Waals surface area contributed by atoms with Crippen molar-refractivity contribution in [2.45, 2.75) is 65.4 Å². The zero-order valence-corrected chi connectivity index (χ0v) is 11.2. The third-order valence-electron chi connectivity index (χ3n) is 3.67. The Bertz CT molecular complexity index is 278. The van der Waals surface area contributed by atoms with E-state index >= 15 is 0 Å². The van der Waals surface area contributed by atoms with Crippen molar-refractivity contribution in [2.75, 3.05) is 0 Å². The van der Waals surface area contributed by atoms with Crippen molar-refractivity contribution in [1.29, 1.82) is 0 Å². The smallest absolute Gasteiger partial charge is 0.0622 e. The van der Waals surface area contributed by atoms with Gasteiger partial charge in [0.1, 0.15) is 0 Å². The average Bonchev–Trinajstić information content (AvgIpc) is 2.15. The Morgan fingerprint density at radius 3 is 2.38 bits per heavy atom. The largest absolute Gasteiger partial charge is 0.390 e. The summed E-state index contributed by atoms with van der Waals surface area (Å²) in [6.07, 6.45) is 10.2. The zero-order valence-electron chi connectivity index (χ0n) is 11.2. The van der Waals surface area contributed by atoms with Crippen LogP contribution >= 0.6 is 0 Å². The molecule has 1 atom stereocenters. The predicted molar refractivity (Wildman–Crippen MR) is 70.4 cm³/mol. The summed E-state index contributed by atoms with van der Waals surface area (Å²) in [7, 11) is 0. The van der Waals surface area contributed by atoms with Crippen LogP contribution in [0.4, 0.5) is 0 Å². The van der Waals surface area contributed by atoms with Gasteiger partial charge in [0.2, 0.25) is 0 Å². The van der Waals surface area contributed by atoms with E-state index in [0.29, 0.717) is 5.92 Å². The number of allylic oxidation sites excluding steroid dienone is 4. The maximum absolute atomic E-state index is 10.1. The SMILES string of the molecule is C/C1=C\C[C@H](C(C)(C)O)CC/C(C)=C/CC1. The monoisotopic (exact) mass is 222 g/mol. The Labute approximate surface area is 100 Å². The second kappa shape index (κ2) is 5.67. The van der Waals surface area contributed by atoms with Gasteiger partial charge in [-0.25, -0.2) is 0 Å². The minimum atomic E-state index is -0.559. The number of aliphatic hydroxyl groups is 1. The quantitative estimate of drug-likeness (QED) is 0.658. The summed E-state index contributed by atoms with van der Waals surface area (Å²) in [5.74, 6) is 0.379. The van der Waals surface area contributed by atoms with Crippen molar-refractivity contribution in [3.8, 4) is 0 Å². The lowest BCUT2D eigenvalue weighted by Gasteiger charge is -2.29. The summed E-state index contributed by atoms with van der Waals surface area (Å²) in [6, 6.07) is 0. The summed E-state index contributed by atoms with van der Waals surface area (Å²) < 4.78 is 0. The van der Waals surface area contributed by atoms with Gasteiger partial charge in [-0.15, -0.1) is 0 Å². The van der Waals surface area contributed by atoms with Gasteiger partial charge in [-0.1, -0.05) is 23.3 Å². The molecule has 1 aliphatic carbocycles. The molecule has 1 rings (SSSR count). The van der Waals surface area contributed by atoms with Crippen LogP contribution in [0.1, 0.15) is 59.8 Å². The highest BCUT2D eigenvalue weighted by Gasteiger charge is 2.25. The molecule has 1 N–H and O–H groups in total. The van der Waals surface area contributed by atoms with Crippen LogP contribution < -0.4 is 0 Å². The highest BCUT2D eigenvalue weighted by Crippen LogP contribution is 2.29. The first-order valence-corrected chi connectivity index (χ1v) is 6.43. The summed E-state index contributed by atoms with van der Waals surface area (Å²) in [6.45, 7) is 8.28. The van der Waals surface area contributed by atoms with E-state index in [2.05, 4.69) is 26.0 Å². The van der Waals surface area contributed by atoms with Crippen LogP contribution in [-0.2, 0) is 0 Å². The summed E-state index contributed by atoms with van der Waals surface area (Å²) in [4.78, 5) is 0. The minimum Gasteiger partial charge on any atom is -0.390 e. The highest BCUT2D eigenvalue weighted by molar-refractivity contribution is 5.06. The molecule has 0 saturated heterocycles. The molecule has 0 heterocycles. The van der Waals surface area contributed by atoms with Crippen molar-refractivity contribution in [3.05, 3.63) is 23.3 Å².